The number of aromatic amines is 2. The van der Waals surface area contributed by atoms with Crippen LogP contribution in [0.3, 0.4) is 0 Å². The minimum absolute atomic E-state index is 0.0930. The quantitative estimate of drug-likeness (QED) is 0.205. The lowest BCUT2D eigenvalue weighted by Gasteiger charge is -2.39. The Labute approximate surface area is 305 Å². The summed E-state index contributed by atoms with van der Waals surface area (Å²) >= 11 is 5.52. The van der Waals surface area contributed by atoms with Crippen molar-refractivity contribution < 1.29 is 32.3 Å². The average molecular weight is 791 g/mol. The van der Waals surface area contributed by atoms with Crippen LogP contribution in [0.1, 0.15) is 78.0 Å². The van der Waals surface area contributed by atoms with Gasteiger partial charge in [-0.2, -0.15) is 0 Å². The fraction of sp³-hybridized carbons (Fsp3) is 0.750. The summed E-state index contributed by atoms with van der Waals surface area (Å²) in [6, 6.07) is 0. The van der Waals surface area contributed by atoms with Crippen molar-refractivity contribution in [3.05, 3.63) is 65.2 Å². The van der Waals surface area contributed by atoms with Gasteiger partial charge in [0, 0.05) is 36.4 Å². The van der Waals surface area contributed by atoms with Crippen molar-refractivity contribution in [1.82, 2.24) is 19.1 Å². The van der Waals surface area contributed by atoms with Gasteiger partial charge in [-0.15, -0.1) is 0 Å². The number of nitrogens with one attached hydrogen (secondary N) is 2. The second kappa shape index (κ2) is 15.1. The van der Waals surface area contributed by atoms with E-state index < -0.39 is 82.7 Å². The monoisotopic (exact) mass is 790 g/mol. The molecule has 0 aromatic carbocycles. The van der Waals surface area contributed by atoms with Crippen molar-refractivity contribution in [1.29, 1.82) is 0 Å². The maximum atomic E-state index is 12.8. The number of nitrogens with zero attached hydrogens (tertiary/aromatic N) is 2. The molecule has 2 aliphatic rings. The smallest absolute Gasteiger partial charge is 0.330 e. The van der Waals surface area contributed by atoms with Crippen LogP contribution >= 0.6 is 6.72 Å². The Hall–Kier alpha value is -1.84. The topological polar surface area (TPSA) is 185 Å². The maximum absolute atomic E-state index is 12.8. The Morgan fingerprint density at radius 3 is 1.69 bits per heavy atom. The Kier molecular flexibility index (Phi) is 12.4. The highest BCUT2D eigenvalue weighted by Crippen LogP contribution is 2.50. The first kappa shape index (κ1) is 41.9. The molecule has 51 heavy (non-hydrogen) atoms. The predicted molar refractivity (Wildman–Crippen MR) is 202 cm³/mol. The molecule has 7 atom stereocenters. The molecule has 2 aromatic heterocycles. The highest BCUT2D eigenvalue weighted by molar-refractivity contribution is 8.07. The van der Waals surface area contributed by atoms with Crippen molar-refractivity contribution in [3.63, 3.8) is 0 Å². The van der Waals surface area contributed by atoms with E-state index in [2.05, 4.69) is 77.7 Å². The molecule has 0 spiro atoms. The molecule has 15 nitrogen and oxygen atoms in total. The van der Waals surface area contributed by atoms with Gasteiger partial charge in [-0.1, -0.05) is 41.5 Å². The van der Waals surface area contributed by atoms with E-state index in [1.54, 1.807) is 13.8 Å². The van der Waals surface area contributed by atoms with Crippen molar-refractivity contribution in [2.75, 3.05) is 13.2 Å². The third kappa shape index (κ3) is 9.83. The SMILES string of the molecule is Cc1cn(C2CC(O[Si](C)(C)C(C)(C)C)C(COP(O)(=S)OC3CC(n4cc(C)c(=O)[nH]c4=O)OC3CO[Si](C)(C)C(C)(C)C)O2)c(=O)[nH]c1=O. The first-order valence-corrected chi connectivity index (χ1v) is 25.5. The van der Waals surface area contributed by atoms with Gasteiger partial charge in [0.15, 0.2) is 16.6 Å². The lowest BCUT2D eigenvalue weighted by Crippen LogP contribution is -2.46. The van der Waals surface area contributed by atoms with Crippen molar-refractivity contribution >= 4 is 35.2 Å². The van der Waals surface area contributed by atoms with Gasteiger partial charge in [-0.25, -0.2) is 9.59 Å². The van der Waals surface area contributed by atoms with Crippen LogP contribution in [0, 0.1) is 13.8 Å². The summed E-state index contributed by atoms with van der Waals surface area (Å²) in [5, 5.41) is -0.228. The van der Waals surface area contributed by atoms with Gasteiger partial charge in [-0.05, 0) is 61.9 Å². The molecule has 2 fully saturated rings. The largest absolute Gasteiger partial charge is 0.414 e. The molecule has 2 aromatic rings. The van der Waals surface area contributed by atoms with E-state index in [-0.39, 0.29) is 29.7 Å². The molecular formula is C32H55N4O11PSSi2. The van der Waals surface area contributed by atoms with Crippen LogP contribution in [0.4, 0.5) is 0 Å². The zero-order valence-corrected chi connectivity index (χ0v) is 35.4. The summed E-state index contributed by atoms with van der Waals surface area (Å²) < 4.78 is 40.4. The number of hydrogen-bond donors (Lipinski definition) is 3. The lowest BCUT2D eigenvalue weighted by atomic mass is 10.2. The van der Waals surface area contributed by atoms with Gasteiger partial charge in [0.1, 0.15) is 24.7 Å². The number of H-pyrrole nitrogens is 2. The second-order valence-corrected chi connectivity index (χ2v) is 28.9. The Bertz CT molecular complexity index is 1860. The van der Waals surface area contributed by atoms with Gasteiger partial charge in [-0.3, -0.25) is 28.7 Å². The first-order valence-electron chi connectivity index (χ1n) is 17.1. The molecule has 4 rings (SSSR count). The summed E-state index contributed by atoms with van der Waals surface area (Å²) in [7, 11) is -4.59. The fourth-order valence-electron chi connectivity index (χ4n) is 5.31. The molecule has 0 bridgehead atoms. The van der Waals surface area contributed by atoms with Gasteiger partial charge >= 0.3 is 18.1 Å². The summed E-state index contributed by atoms with van der Waals surface area (Å²) in [4.78, 5) is 65.7. The maximum Gasteiger partial charge on any atom is 0.330 e. The Balaban J connectivity index is 1.56. The van der Waals surface area contributed by atoms with Gasteiger partial charge < -0.3 is 32.3 Å². The summed E-state index contributed by atoms with van der Waals surface area (Å²) in [5.74, 6) is 0. The van der Waals surface area contributed by atoms with E-state index in [4.69, 9.17) is 39.2 Å². The Morgan fingerprint density at radius 2 is 1.24 bits per heavy atom. The third-order valence-electron chi connectivity index (χ3n) is 10.6. The molecule has 19 heteroatoms. The second-order valence-electron chi connectivity index (χ2n) is 16.6. The van der Waals surface area contributed by atoms with E-state index >= 15 is 0 Å². The van der Waals surface area contributed by atoms with Gasteiger partial charge in [0.2, 0.25) is 0 Å². The third-order valence-corrected chi connectivity index (χ3v) is 21.2. The standard InChI is InChI=1S/C32H55N4O11PSSi2/c1-19-15-35(29(39)33-27(19)37)25-13-21(24(45-25)18-43-50(9,10)31(3,4)5)46-48(41,49)42-17-23-22(47-51(11,12)32(6,7)8)14-26(44-23)36-16-20(2)28(38)34-30(36)40/h15-16,21-26H,13-14,17-18H2,1-12H3,(H,41,49)(H,33,37,39)(H,34,38,40). The summed E-state index contributed by atoms with van der Waals surface area (Å²) in [6.45, 7) is 20.2. The van der Waals surface area contributed by atoms with E-state index in [1.807, 2.05) is 0 Å². The molecule has 2 aliphatic heterocycles. The number of aromatic nitrogens is 4. The van der Waals surface area contributed by atoms with Crippen molar-refractivity contribution in [2.24, 2.45) is 0 Å². The van der Waals surface area contributed by atoms with E-state index in [9.17, 15) is 24.1 Å². The van der Waals surface area contributed by atoms with E-state index in [0.29, 0.717) is 17.5 Å². The molecule has 0 aliphatic carbocycles. The fourth-order valence-corrected chi connectivity index (χ4v) is 9.16. The van der Waals surface area contributed by atoms with Gasteiger partial charge in [0.05, 0.1) is 25.4 Å². The molecule has 7 unspecified atom stereocenters. The summed E-state index contributed by atoms with van der Waals surface area (Å²) in [5.41, 5.74) is -1.55. The van der Waals surface area contributed by atoms with Gasteiger partial charge in [0.25, 0.3) is 11.1 Å². The van der Waals surface area contributed by atoms with Crippen molar-refractivity contribution in [3.8, 4) is 0 Å². The molecular weight excluding hydrogens is 736 g/mol. The normalized spacial score (nSPS) is 26.1. The highest BCUT2D eigenvalue weighted by atomic mass is 32.5. The van der Waals surface area contributed by atoms with E-state index in [0.717, 1.165) is 0 Å². The minimum Gasteiger partial charge on any atom is -0.414 e. The zero-order chi connectivity index (χ0) is 38.5. The van der Waals surface area contributed by atoms with E-state index in [1.165, 1.54) is 21.5 Å². The molecule has 0 amide bonds. The number of ether oxygens (including phenoxy) is 2. The number of hydrogen-bond acceptors (Lipinski definition) is 11. The highest BCUT2D eigenvalue weighted by Gasteiger charge is 2.47. The van der Waals surface area contributed by atoms with Crippen LogP contribution in [0.5, 0.6) is 0 Å². The van der Waals surface area contributed by atoms with Crippen LogP contribution in [-0.2, 0) is 39.2 Å². The zero-order valence-electron chi connectivity index (χ0n) is 31.7. The first-order chi connectivity index (χ1) is 23.2. The van der Waals surface area contributed by atoms with Crippen LogP contribution in [0.15, 0.2) is 31.6 Å². The molecule has 2 saturated heterocycles. The molecule has 3 N–H and O–H groups in total. The minimum atomic E-state index is -3.98. The molecule has 0 saturated carbocycles. The number of rotatable bonds is 12. The molecule has 288 valence electrons. The molecule has 4 heterocycles. The van der Waals surface area contributed by atoms with Crippen LogP contribution in [0.2, 0.25) is 36.3 Å². The van der Waals surface area contributed by atoms with Crippen LogP contribution in [-0.4, -0.2) is 78.3 Å². The van der Waals surface area contributed by atoms with Crippen molar-refractivity contribution in [2.45, 2.75) is 141 Å². The lowest BCUT2D eigenvalue weighted by molar-refractivity contribution is -0.0508. The number of aryl methyl sites for hydroxylation is 2. The summed E-state index contributed by atoms with van der Waals surface area (Å²) in [6.07, 6.45) is -1.12. The van der Waals surface area contributed by atoms with Crippen LogP contribution < -0.4 is 22.5 Å². The average Bonchev–Trinajstić information content (AvgIpc) is 3.56. The predicted octanol–water partition coefficient (Wildman–Crippen LogP) is 4.31. The molecule has 0 radical (unpaired) electrons. The Morgan fingerprint density at radius 1 is 0.804 bits per heavy atom. The van der Waals surface area contributed by atoms with Crippen LogP contribution in [0.25, 0.3) is 0 Å².